The van der Waals surface area contributed by atoms with E-state index < -0.39 is 12.0 Å². The maximum absolute atomic E-state index is 12.6. The average Bonchev–Trinajstić information content (AvgIpc) is 2.88. The highest BCUT2D eigenvalue weighted by atomic mass is 16.5. The number of nitrogens with one attached hydrogen (secondary N) is 1. The van der Waals surface area contributed by atoms with E-state index in [1.165, 1.54) is 7.11 Å². The van der Waals surface area contributed by atoms with Gasteiger partial charge in [-0.2, -0.15) is 0 Å². The van der Waals surface area contributed by atoms with Crippen molar-refractivity contribution < 1.29 is 19.1 Å². The minimum absolute atomic E-state index is 0.0735. The molecule has 1 atom stereocenters. The van der Waals surface area contributed by atoms with E-state index in [1.54, 1.807) is 24.8 Å². The third-order valence-corrected chi connectivity index (χ3v) is 3.91. The molecular weight excluding hydrogens is 296 g/mol. The molecule has 124 valence electrons. The number of methoxy groups -OCH3 is 2. The van der Waals surface area contributed by atoms with E-state index in [4.69, 9.17) is 9.47 Å². The molecule has 0 fully saturated rings. The summed E-state index contributed by atoms with van der Waals surface area (Å²) in [5.74, 6) is -0.152. The van der Waals surface area contributed by atoms with Gasteiger partial charge in [-0.1, -0.05) is 19.9 Å². The molecule has 2 rings (SSSR count). The second-order valence-corrected chi connectivity index (χ2v) is 5.70. The number of aromatic nitrogens is 1. The third kappa shape index (κ3) is 3.16. The zero-order valence-corrected chi connectivity index (χ0v) is 14.0. The predicted molar refractivity (Wildman–Crippen MR) is 87.6 cm³/mol. The number of esters is 1. The Morgan fingerprint density at radius 2 is 1.91 bits per heavy atom. The van der Waals surface area contributed by atoms with E-state index in [2.05, 4.69) is 5.32 Å². The molecule has 1 aromatic heterocycles. The molecular formula is C17H22N2O4. The molecule has 0 bridgehead atoms. The second-order valence-electron chi connectivity index (χ2n) is 5.70. The number of benzene rings is 1. The van der Waals surface area contributed by atoms with Crippen LogP contribution in [-0.2, 0) is 16.6 Å². The van der Waals surface area contributed by atoms with Gasteiger partial charge in [0.25, 0.3) is 5.91 Å². The molecule has 23 heavy (non-hydrogen) atoms. The van der Waals surface area contributed by atoms with E-state index in [0.29, 0.717) is 11.4 Å². The Bertz CT molecular complexity index is 734. The van der Waals surface area contributed by atoms with Gasteiger partial charge in [0.05, 0.1) is 19.7 Å². The van der Waals surface area contributed by atoms with Crippen LogP contribution in [0.2, 0.25) is 0 Å². The summed E-state index contributed by atoms with van der Waals surface area (Å²) in [5.41, 5.74) is 1.34. The summed E-state index contributed by atoms with van der Waals surface area (Å²) in [7, 11) is 4.71. The highest BCUT2D eigenvalue weighted by Gasteiger charge is 2.26. The number of hydrogen-bond acceptors (Lipinski definition) is 4. The van der Waals surface area contributed by atoms with Crippen LogP contribution in [0.25, 0.3) is 10.9 Å². The van der Waals surface area contributed by atoms with Crippen LogP contribution in [-0.4, -0.2) is 36.7 Å². The van der Waals surface area contributed by atoms with Crippen LogP contribution in [0.1, 0.15) is 24.3 Å². The molecule has 1 N–H and O–H groups in total. The average molecular weight is 318 g/mol. The van der Waals surface area contributed by atoms with E-state index in [1.807, 2.05) is 32.0 Å². The largest absolute Gasteiger partial charge is 0.496 e. The fourth-order valence-electron chi connectivity index (χ4n) is 2.57. The number of fused-ring (bicyclic) bond motifs is 1. The predicted octanol–water partition coefficient (Wildman–Crippen LogP) is 2.11. The van der Waals surface area contributed by atoms with Gasteiger partial charge in [-0.05, 0) is 24.1 Å². The van der Waals surface area contributed by atoms with Gasteiger partial charge in [0.1, 0.15) is 17.5 Å². The first kappa shape index (κ1) is 16.9. The van der Waals surface area contributed by atoms with Crippen molar-refractivity contribution >= 4 is 22.8 Å². The van der Waals surface area contributed by atoms with E-state index in [9.17, 15) is 9.59 Å². The van der Waals surface area contributed by atoms with Crippen LogP contribution in [0, 0.1) is 5.92 Å². The third-order valence-electron chi connectivity index (χ3n) is 3.91. The quantitative estimate of drug-likeness (QED) is 0.857. The molecule has 2 aromatic rings. The molecule has 0 spiro atoms. The Morgan fingerprint density at radius 3 is 2.48 bits per heavy atom. The summed E-state index contributed by atoms with van der Waals surface area (Å²) in [5, 5.41) is 3.60. The lowest BCUT2D eigenvalue weighted by molar-refractivity contribution is -0.144. The van der Waals surface area contributed by atoms with Crippen molar-refractivity contribution in [1.82, 2.24) is 9.88 Å². The van der Waals surface area contributed by atoms with Crippen LogP contribution < -0.4 is 10.1 Å². The topological polar surface area (TPSA) is 69.6 Å². The first-order chi connectivity index (χ1) is 10.9. The lowest BCUT2D eigenvalue weighted by atomic mass is 10.0. The van der Waals surface area contributed by atoms with Crippen molar-refractivity contribution in [2.45, 2.75) is 19.9 Å². The van der Waals surface area contributed by atoms with E-state index in [0.717, 1.165) is 10.9 Å². The highest BCUT2D eigenvalue weighted by Crippen LogP contribution is 2.28. The summed E-state index contributed by atoms with van der Waals surface area (Å²) < 4.78 is 11.9. The van der Waals surface area contributed by atoms with Crippen LogP contribution in [0.4, 0.5) is 0 Å². The molecule has 1 heterocycles. The summed E-state index contributed by atoms with van der Waals surface area (Å²) in [4.78, 5) is 24.4. The van der Waals surface area contributed by atoms with Crippen LogP contribution in [0.5, 0.6) is 5.75 Å². The number of ether oxygens (including phenoxy) is 2. The van der Waals surface area contributed by atoms with Crippen molar-refractivity contribution in [2.24, 2.45) is 13.0 Å². The van der Waals surface area contributed by atoms with Gasteiger partial charge >= 0.3 is 5.97 Å². The number of rotatable bonds is 5. The van der Waals surface area contributed by atoms with Gasteiger partial charge in [0.2, 0.25) is 0 Å². The van der Waals surface area contributed by atoms with E-state index >= 15 is 0 Å². The standard InChI is InChI=1S/C17H22N2O4/c1-10(2)15(17(21)23-5)18-16(20)13-9-11-12(19(13)3)7-6-8-14(11)22-4/h6-10,15H,1-5H3,(H,18,20). The van der Waals surface area contributed by atoms with Gasteiger partial charge in [-0.15, -0.1) is 0 Å². The summed E-state index contributed by atoms with van der Waals surface area (Å²) in [6, 6.07) is 6.70. The lowest BCUT2D eigenvalue weighted by Crippen LogP contribution is -2.45. The molecule has 1 unspecified atom stereocenters. The fraction of sp³-hybridized carbons (Fsp3) is 0.412. The minimum Gasteiger partial charge on any atom is -0.496 e. The van der Waals surface area contributed by atoms with Gasteiger partial charge in [-0.25, -0.2) is 4.79 Å². The first-order valence-corrected chi connectivity index (χ1v) is 7.41. The molecule has 0 saturated heterocycles. The smallest absolute Gasteiger partial charge is 0.328 e. The molecule has 1 amide bonds. The Morgan fingerprint density at radius 1 is 1.22 bits per heavy atom. The fourth-order valence-corrected chi connectivity index (χ4v) is 2.57. The van der Waals surface area contributed by atoms with Gasteiger partial charge < -0.3 is 19.4 Å². The Balaban J connectivity index is 2.38. The minimum atomic E-state index is -0.688. The van der Waals surface area contributed by atoms with Crippen molar-refractivity contribution in [3.63, 3.8) is 0 Å². The monoisotopic (exact) mass is 318 g/mol. The Labute approximate surface area is 135 Å². The molecule has 1 aromatic carbocycles. The molecule has 6 heteroatoms. The SMILES string of the molecule is COC(=O)C(NC(=O)c1cc2c(OC)cccc2n1C)C(C)C. The van der Waals surface area contributed by atoms with Crippen molar-refractivity contribution in [3.05, 3.63) is 30.0 Å². The Kier molecular flexibility index (Phi) is 4.93. The first-order valence-electron chi connectivity index (χ1n) is 7.41. The maximum Gasteiger partial charge on any atom is 0.328 e. The normalized spacial score (nSPS) is 12.3. The van der Waals surface area contributed by atoms with Gasteiger partial charge in [0, 0.05) is 12.4 Å². The maximum atomic E-state index is 12.6. The molecule has 0 aliphatic heterocycles. The summed E-state index contributed by atoms with van der Waals surface area (Å²) in [6.45, 7) is 3.71. The number of aryl methyl sites for hydroxylation is 1. The molecule has 0 saturated carbocycles. The number of nitrogens with zero attached hydrogens (tertiary/aromatic N) is 1. The summed E-state index contributed by atoms with van der Waals surface area (Å²) in [6.07, 6.45) is 0. The lowest BCUT2D eigenvalue weighted by Gasteiger charge is -2.19. The zero-order valence-electron chi connectivity index (χ0n) is 14.0. The summed E-state index contributed by atoms with van der Waals surface area (Å²) >= 11 is 0. The van der Waals surface area contributed by atoms with E-state index in [-0.39, 0.29) is 11.8 Å². The number of amides is 1. The zero-order chi connectivity index (χ0) is 17.1. The molecule has 0 aliphatic carbocycles. The van der Waals surface area contributed by atoms with Crippen LogP contribution in [0.3, 0.4) is 0 Å². The number of hydrogen-bond donors (Lipinski definition) is 1. The molecule has 0 radical (unpaired) electrons. The molecule has 0 aliphatic rings. The van der Waals surface area contributed by atoms with Crippen molar-refractivity contribution in [2.75, 3.05) is 14.2 Å². The molecule has 6 nitrogen and oxygen atoms in total. The number of carbonyl (C=O) groups excluding carboxylic acids is 2. The van der Waals surface area contributed by atoms with Crippen LogP contribution in [0.15, 0.2) is 24.3 Å². The van der Waals surface area contributed by atoms with Crippen molar-refractivity contribution in [3.8, 4) is 5.75 Å². The van der Waals surface area contributed by atoms with Crippen LogP contribution >= 0.6 is 0 Å². The Hall–Kier alpha value is -2.50. The van der Waals surface area contributed by atoms with Gasteiger partial charge in [0.15, 0.2) is 0 Å². The number of carbonyl (C=O) groups is 2. The highest BCUT2D eigenvalue weighted by molar-refractivity contribution is 6.01. The van der Waals surface area contributed by atoms with Crippen molar-refractivity contribution in [1.29, 1.82) is 0 Å². The van der Waals surface area contributed by atoms with Gasteiger partial charge in [-0.3, -0.25) is 4.79 Å². The second kappa shape index (κ2) is 6.73.